The number of benzene rings is 1. The molecule has 0 saturated carbocycles. The first-order valence-corrected chi connectivity index (χ1v) is 5.53. The zero-order valence-corrected chi connectivity index (χ0v) is 9.40. The zero-order chi connectivity index (χ0) is 10.8. The van der Waals surface area contributed by atoms with Crippen molar-refractivity contribution >= 4 is 11.4 Å². The molecule has 0 aliphatic carbocycles. The Balaban J connectivity index is 2.23. The molecule has 0 spiro atoms. The van der Waals surface area contributed by atoms with Crippen LogP contribution in [0, 0.1) is 0 Å². The minimum atomic E-state index is 0.539. The van der Waals surface area contributed by atoms with Gasteiger partial charge >= 0.3 is 0 Å². The van der Waals surface area contributed by atoms with Crippen LogP contribution < -0.4 is 16.0 Å². The Bertz CT molecular complexity index is 310. The average molecular weight is 205 g/mol. The van der Waals surface area contributed by atoms with Gasteiger partial charge in [-0.25, -0.2) is 0 Å². The van der Waals surface area contributed by atoms with Crippen molar-refractivity contribution in [2.75, 3.05) is 23.7 Å². The van der Waals surface area contributed by atoms with Gasteiger partial charge in [-0.15, -0.1) is 0 Å². The van der Waals surface area contributed by atoms with E-state index in [9.17, 15) is 0 Å². The molecule has 82 valence electrons. The molecule has 3 nitrogen and oxygen atoms in total. The molecule has 3 heteroatoms. The van der Waals surface area contributed by atoms with Crippen molar-refractivity contribution in [2.24, 2.45) is 0 Å². The Labute approximate surface area is 91.3 Å². The summed E-state index contributed by atoms with van der Waals surface area (Å²) >= 11 is 0. The molecule has 0 unspecified atom stereocenters. The molecule has 1 fully saturated rings. The van der Waals surface area contributed by atoms with Crippen LogP contribution in [0.1, 0.15) is 13.8 Å². The molecule has 1 aromatic carbocycles. The predicted octanol–water partition coefficient (Wildman–Crippen LogP) is 1.46. The summed E-state index contributed by atoms with van der Waals surface area (Å²) in [5.41, 5.74) is 7.79. The number of nitrogens with one attached hydrogen (secondary N) is 1. The number of hydrogen-bond acceptors (Lipinski definition) is 3. The van der Waals surface area contributed by atoms with E-state index in [1.807, 2.05) is 12.1 Å². The first-order valence-electron chi connectivity index (χ1n) is 5.53. The van der Waals surface area contributed by atoms with Crippen LogP contribution >= 0.6 is 0 Å². The van der Waals surface area contributed by atoms with Crippen molar-refractivity contribution in [1.82, 2.24) is 5.32 Å². The smallest absolute Gasteiger partial charge is 0.0389 e. The maximum Gasteiger partial charge on any atom is 0.0389 e. The molecule has 15 heavy (non-hydrogen) atoms. The SMILES string of the molecule is C[C@@H]1CNC[C@H](C)N1c1ccc(N)cc1. The summed E-state index contributed by atoms with van der Waals surface area (Å²) < 4.78 is 0. The molecule has 1 heterocycles. The van der Waals surface area contributed by atoms with Crippen LogP contribution in [-0.2, 0) is 0 Å². The van der Waals surface area contributed by atoms with Gasteiger partial charge in [0.05, 0.1) is 0 Å². The lowest BCUT2D eigenvalue weighted by molar-refractivity contribution is 0.432. The largest absolute Gasteiger partial charge is 0.399 e. The number of rotatable bonds is 1. The number of piperazine rings is 1. The molecular weight excluding hydrogens is 186 g/mol. The summed E-state index contributed by atoms with van der Waals surface area (Å²) in [6.07, 6.45) is 0. The second kappa shape index (κ2) is 4.11. The number of nitrogens with zero attached hydrogens (tertiary/aromatic N) is 1. The van der Waals surface area contributed by atoms with Gasteiger partial charge in [-0.1, -0.05) is 0 Å². The summed E-state index contributed by atoms with van der Waals surface area (Å²) in [7, 11) is 0. The highest BCUT2D eigenvalue weighted by atomic mass is 15.2. The van der Waals surface area contributed by atoms with Gasteiger partial charge in [0.2, 0.25) is 0 Å². The lowest BCUT2D eigenvalue weighted by Crippen LogP contribution is -2.55. The van der Waals surface area contributed by atoms with Crippen molar-refractivity contribution in [3.8, 4) is 0 Å². The molecule has 0 bridgehead atoms. The monoisotopic (exact) mass is 205 g/mol. The van der Waals surface area contributed by atoms with Crippen LogP contribution in [0.4, 0.5) is 11.4 Å². The zero-order valence-electron chi connectivity index (χ0n) is 9.40. The van der Waals surface area contributed by atoms with Crippen LogP contribution in [0.5, 0.6) is 0 Å². The van der Waals surface area contributed by atoms with Crippen LogP contribution in [0.2, 0.25) is 0 Å². The highest BCUT2D eigenvalue weighted by Gasteiger charge is 2.24. The minimum absolute atomic E-state index is 0.539. The van der Waals surface area contributed by atoms with Crippen LogP contribution in [-0.4, -0.2) is 25.2 Å². The van der Waals surface area contributed by atoms with Crippen molar-refractivity contribution < 1.29 is 0 Å². The fraction of sp³-hybridized carbons (Fsp3) is 0.500. The summed E-state index contributed by atoms with van der Waals surface area (Å²) in [6, 6.07) is 9.23. The maximum atomic E-state index is 5.69. The number of anilines is 2. The summed E-state index contributed by atoms with van der Waals surface area (Å²) in [5.74, 6) is 0. The molecule has 1 saturated heterocycles. The Morgan fingerprint density at radius 3 is 2.20 bits per heavy atom. The van der Waals surface area contributed by atoms with E-state index in [0.717, 1.165) is 18.8 Å². The molecule has 2 rings (SSSR count). The number of hydrogen-bond donors (Lipinski definition) is 2. The molecule has 1 aromatic rings. The van der Waals surface area contributed by atoms with Crippen molar-refractivity contribution in [1.29, 1.82) is 0 Å². The van der Waals surface area contributed by atoms with Crippen molar-refractivity contribution in [3.63, 3.8) is 0 Å². The third kappa shape index (κ3) is 2.07. The molecule has 0 amide bonds. The fourth-order valence-electron chi connectivity index (χ4n) is 2.29. The van der Waals surface area contributed by atoms with Crippen molar-refractivity contribution in [3.05, 3.63) is 24.3 Å². The second-order valence-corrected chi connectivity index (χ2v) is 4.36. The topological polar surface area (TPSA) is 41.3 Å². The van der Waals surface area contributed by atoms with E-state index in [2.05, 4.69) is 36.2 Å². The molecular formula is C12H19N3. The van der Waals surface area contributed by atoms with Gasteiger partial charge < -0.3 is 16.0 Å². The third-order valence-corrected chi connectivity index (χ3v) is 3.02. The van der Waals surface area contributed by atoms with Gasteiger partial charge in [0, 0.05) is 36.5 Å². The quantitative estimate of drug-likeness (QED) is 0.682. The Morgan fingerprint density at radius 2 is 1.67 bits per heavy atom. The standard InChI is InChI=1S/C12H19N3/c1-9-7-14-8-10(2)15(9)12-5-3-11(13)4-6-12/h3-6,9-10,14H,7-8,13H2,1-2H3/t9-,10+. The van der Waals surface area contributed by atoms with E-state index >= 15 is 0 Å². The van der Waals surface area contributed by atoms with E-state index in [0.29, 0.717) is 12.1 Å². The molecule has 0 aromatic heterocycles. The molecule has 1 aliphatic rings. The molecule has 0 radical (unpaired) electrons. The first kappa shape index (κ1) is 10.3. The van der Waals surface area contributed by atoms with E-state index in [-0.39, 0.29) is 0 Å². The normalized spacial score (nSPS) is 26.7. The first-order chi connectivity index (χ1) is 7.18. The highest BCUT2D eigenvalue weighted by molar-refractivity contribution is 5.54. The summed E-state index contributed by atoms with van der Waals surface area (Å²) in [4.78, 5) is 2.45. The van der Waals surface area contributed by atoms with E-state index in [1.54, 1.807) is 0 Å². The van der Waals surface area contributed by atoms with Gasteiger partial charge in [-0.05, 0) is 38.1 Å². The summed E-state index contributed by atoms with van der Waals surface area (Å²) in [6.45, 7) is 6.60. The molecule has 2 atom stereocenters. The Kier molecular flexibility index (Phi) is 2.82. The number of nitrogens with two attached hydrogens (primary N) is 1. The lowest BCUT2D eigenvalue weighted by atomic mass is 10.1. The highest BCUT2D eigenvalue weighted by Crippen LogP contribution is 2.22. The van der Waals surface area contributed by atoms with Gasteiger partial charge in [-0.2, -0.15) is 0 Å². The van der Waals surface area contributed by atoms with E-state index in [1.165, 1.54) is 5.69 Å². The lowest BCUT2D eigenvalue weighted by Gasteiger charge is -2.41. The predicted molar refractivity (Wildman–Crippen MR) is 65.1 cm³/mol. The van der Waals surface area contributed by atoms with E-state index < -0.39 is 0 Å². The van der Waals surface area contributed by atoms with Gasteiger partial charge in [0.25, 0.3) is 0 Å². The fourth-order valence-corrected chi connectivity index (χ4v) is 2.29. The second-order valence-electron chi connectivity index (χ2n) is 4.36. The Morgan fingerprint density at radius 1 is 1.13 bits per heavy atom. The third-order valence-electron chi connectivity index (χ3n) is 3.02. The average Bonchev–Trinajstić information content (AvgIpc) is 2.20. The molecule has 3 N–H and O–H groups in total. The summed E-state index contributed by atoms with van der Waals surface area (Å²) in [5, 5.41) is 3.43. The molecule has 1 aliphatic heterocycles. The number of nitrogen functional groups attached to an aromatic ring is 1. The van der Waals surface area contributed by atoms with E-state index in [4.69, 9.17) is 5.73 Å². The van der Waals surface area contributed by atoms with Crippen LogP contribution in [0.25, 0.3) is 0 Å². The maximum absolute atomic E-state index is 5.69. The Hall–Kier alpha value is -1.22. The van der Waals surface area contributed by atoms with Gasteiger partial charge in [-0.3, -0.25) is 0 Å². The van der Waals surface area contributed by atoms with Crippen molar-refractivity contribution in [2.45, 2.75) is 25.9 Å². The van der Waals surface area contributed by atoms with Gasteiger partial charge in [0.1, 0.15) is 0 Å². The van der Waals surface area contributed by atoms with Crippen LogP contribution in [0.15, 0.2) is 24.3 Å². The van der Waals surface area contributed by atoms with Gasteiger partial charge in [0.15, 0.2) is 0 Å². The van der Waals surface area contributed by atoms with Crippen LogP contribution in [0.3, 0.4) is 0 Å². The minimum Gasteiger partial charge on any atom is -0.399 e.